The van der Waals surface area contributed by atoms with Crippen molar-refractivity contribution in [3.63, 3.8) is 0 Å². The van der Waals surface area contributed by atoms with Gasteiger partial charge in [0.05, 0.1) is 13.2 Å². The Balaban J connectivity index is 1.75. The SMILES string of the molecule is CCCCOC12COC(c3ccc(CO)o3)OC1C(O)C(CO)O2. The van der Waals surface area contributed by atoms with E-state index in [0.717, 1.165) is 12.8 Å². The normalized spacial score (nSPS) is 36.0. The topological polar surface area (TPSA) is 111 Å². The summed E-state index contributed by atoms with van der Waals surface area (Å²) in [5.74, 6) is -0.462. The maximum Gasteiger partial charge on any atom is 0.222 e. The van der Waals surface area contributed by atoms with Crippen LogP contribution in [0.4, 0.5) is 0 Å². The molecule has 8 heteroatoms. The van der Waals surface area contributed by atoms with Gasteiger partial charge in [0, 0.05) is 0 Å². The third kappa shape index (κ3) is 3.23. The van der Waals surface area contributed by atoms with E-state index in [1.54, 1.807) is 12.1 Å². The van der Waals surface area contributed by atoms with E-state index >= 15 is 0 Å². The zero-order valence-corrected chi connectivity index (χ0v) is 13.6. The molecule has 0 aromatic carbocycles. The standard InChI is InChI=1S/C16H24O8/c1-2-3-6-21-16-9-20-15(11-5-4-10(7-17)22-11)23-14(16)13(19)12(8-18)24-16/h4-5,12-15,17-19H,2-3,6-9H2,1H3. The molecule has 1 aromatic rings. The smallest absolute Gasteiger partial charge is 0.222 e. The summed E-state index contributed by atoms with van der Waals surface area (Å²) >= 11 is 0. The lowest BCUT2D eigenvalue weighted by Gasteiger charge is -2.40. The van der Waals surface area contributed by atoms with Crippen LogP contribution < -0.4 is 0 Å². The number of aliphatic hydroxyl groups excluding tert-OH is 3. The van der Waals surface area contributed by atoms with Gasteiger partial charge >= 0.3 is 0 Å². The minimum Gasteiger partial charge on any atom is -0.458 e. The van der Waals surface area contributed by atoms with Gasteiger partial charge in [-0.15, -0.1) is 0 Å². The van der Waals surface area contributed by atoms with Gasteiger partial charge in [-0.25, -0.2) is 0 Å². The highest BCUT2D eigenvalue weighted by Crippen LogP contribution is 2.42. The van der Waals surface area contributed by atoms with E-state index in [2.05, 4.69) is 0 Å². The summed E-state index contributed by atoms with van der Waals surface area (Å²) in [7, 11) is 0. The molecule has 0 radical (unpaired) electrons. The molecular formula is C16H24O8. The first kappa shape index (κ1) is 17.8. The molecule has 24 heavy (non-hydrogen) atoms. The van der Waals surface area contributed by atoms with Crippen LogP contribution in [0.3, 0.4) is 0 Å². The molecule has 136 valence electrons. The lowest BCUT2D eigenvalue weighted by Crippen LogP contribution is -2.55. The summed E-state index contributed by atoms with van der Waals surface area (Å²) in [5, 5.41) is 28.9. The van der Waals surface area contributed by atoms with E-state index in [-0.39, 0.29) is 19.8 Å². The number of unbranched alkanes of at least 4 members (excludes halogenated alkanes) is 1. The van der Waals surface area contributed by atoms with Crippen molar-refractivity contribution in [3.8, 4) is 0 Å². The molecule has 0 aliphatic carbocycles. The van der Waals surface area contributed by atoms with Crippen LogP contribution in [0.25, 0.3) is 0 Å². The molecular weight excluding hydrogens is 320 g/mol. The van der Waals surface area contributed by atoms with Crippen molar-refractivity contribution in [1.82, 2.24) is 0 Å². The van der Waals surface area contributed by atoms with E-state index in [4.69, 9.17) is 28.5 Å². The zero-order valence-electron chi connectivity index (χ0n) is 13.6. The highest BCUT2D eigenvalue weighted by atomic mass is 16.8. The van der Waals surface area contributed by atoms with Gasteiger partial charge in [0.2, 0.25) is 12.1 Å². The van der Waals surface area contributed by atoms with Crippen LogP contribution in [-0.4, -0.2) is 59.2 Å². The molecule has 3 heterocycles. The Morgan fingerprint density at radius 1 is 1.33 bits per heavy atom. The highest BCUT2D eigenvalue weighted by Gasteiger charge is 2.60. The largest absolute Gasteiger partial charge is 0.458 e. The van der Waals surface area contributed by atoms with Crippen molar-refractivity contribution in [2.75, 3.05) is 19.8 Å². The van der Waals surface area contributed by atoms with Crippen LogP contribution in [0.1, 0.15) is 37.6 Å². The van der Waals surface area contributed by atoms with Gasteiger partial charge in [-0.05, 0) is 18.6 Å². The second kappa shape index (κ2) is 7.49. The van der Waals surface area contributed by atoms with Crippen molar-refractivity contribution in [2.24, 2.45) is 0 Å². The van der Waals surface area contributed by atoms with Crippen LogP contribution in [0.2, 0.25) is 0 Å². The molecule has 0 bridgehead atoms. The van der Waals surface area contributed by atoms with Gasteiger partial charge in [0.1, 0.15) is 37.3 Å². The van der Waals surface area contributed by atoms with E-state index in [1.807, 2.05) is 6.92 Å². The van der Waals surface area contributed by atoms with Crippen LogP contribution in [0.5, 0.6) is 0 Å². The van der Waals surface area contributed by atoms with Crippen molar-refractivity contribution in [3.05, 3.63) is 23.7 Å². The van der Waals surface area contributed by atoms with Gasteiger partial charge < -0.3 is 38.7 Å². The molecule has 8 nitrogen and oxygen atoms in total. The predicted octanol–water partition coefficient (Wildman–Crippen LogP) is 0.451. The lowest BCUT2D eigenvalue weighted by atomic mass is 10.0. The molecule has 5 atom stereocenters. The molecule has 3 rings (SSSR count). The lowest BCUT2D eigenvalue weighted by molar-refractivity contribution is -0.367. The molecule has 0 amide bonds. The Morgan fingerprint density at radius 2 is 2.17 bits per heavy atom. The first-order valence-corrected chi connectivity index (χ1v) is 8.20. The van der Waals surface area contributed by atoms with Gasteiger partial charge in [0.25, 0.3) is 0 Å². The van der Waals surface area contributed by atoms with E-state index in [1.165, 1.54) is 0 Å². The van der Waals surface area contributed by atoms with E-state index in [9.17, 15) is 10.2 Å². The molecule has 3 N–H and O–H groups in total. The minimum absolute atomic E-state index is 0.0365. The van der Waals surface area contributed by atoms with Crippen molar-refractivity contribution >= 4 is 0 Å². The van der Waals surface area contributed by atoms with Crippen molar-refractivity contribution in [1.29, 1.82) is 0 Å². The first-order chi connectivity index (χ1) is 11.6. The average molecular weight is 344 g/mol. The molecule has 1 aromatic heterocycles. The predicted molar refractivity (Wildman–Crippen MR) is 79.8 cm³/mol. The fourth-order valence-corrected chi connectivity index (χ4v) is 2.96. The second-order valence-electron chi connectivity index (χ2n) is 6.01. The molecule has 2 aliphatic rings. The summed E-state index contributed by atoms with van der Waals surface area (Å²) in [6, 6.07) is 3.27. The number of ether oxygens (including phenoxy) is 4. The van der Waals surface area contributed by atoms with Crippen LogP contribution in [0, 0.1) is 0 Å². The first-order valence-electron chi connectivity index (χ1n) is 8.20. The highest BCUT2D eigenvalue weighted by molar-refractivity contribution is 5.09. The fraction of sp³-hybridized carbons (Fsp3) is 0.750. The third-order valence-electron chi connectivity index (χ3n) is 4.28. The molecule has 2 aliphatic heterocycles. The third-order valence-corrected chi connectivity index (χ3v) is 4.28. The Labute approximate surface area is 139 Å². The number of aliphatic hydroxyl groups is 3. The number of hydrogen-bond donors (Lipinski definition) is 3. The Bertz CT molecular complexity index is 532. The molecule has 2 fully saturated rings. The van der Waals surface area contributed by atoms with Crippen LogP contribution >= 0.6 is 0 Å². The number of rotatable bonds is 7. The second-order valence-corrected chi connectivity index (χ2v) is 6.01. The minimum atomic E-state index is -1.25. The summed E-state index contributed by atoms with van der Waals surface area (Å²) in [5.41, 5.74) is 0. The molecule has 0 spiro atoms. The number of furan rings is 1. The summed E-state index contributed by atoms with van der Waals surface area (Å²) < 4.78 is 28.5. The molecule has 5 unspecified atom stereocenters. The van der Waals surface area contributed by atoms with Gasteiger partial charge in [-0.1, -0.05) is 13.3 Å². The van der Waals surface area contributed by atoms with Crippen LogP contribution in [0.15, 0.2) is 16.5 Å². The molecule has 0 saturated carbocycles. The number of hydrogen-bond acceptors (Lipinski definition) is 8. The summed E-state index contributed by atoms with van der Waals surface area (Å²) in [6.07, 6.45) is -1.72. The maximum atomic E-state index is 10.4. The van der Waals surface area contributed by atoms with E-state index < -0.39 is 30.4 Å². The van der Waals surface area contributed by atoms with Gasteiger partial charge in [0.15, 0.2) is 5.76 Å². The van der Waals surface area contributed by atoms with Crippen LogP contribution in [-0.2, 0) is 25.6 Å². The zero-order chi connectivity index (χ0) is 17.2. The maximum absolute atomic E-state index is 10.4. The fourth-order valence-electron chi connectivity index (χ4n) is 2.96. The average Bonchev–Trinajstić information content (AvgIpc) is 3.18. The monoisotopic (exact) mass is 344 g/mol. The summed E-state index contributed by atoms with van der Waals surface area (Å²) in [6.45, 7) is 1.94. The Hall–Kier alpha value is -1.00. The quantitative estimate of drug-likeness (QED) is 0.612. The van der Waals surface area contributed by atoms with E-state index in [0.29, 0.717) is 18.1 Å². The Kier molecular flexibility index (Phi) is 5.56. The number of fused-ring (bicyclic) bond motifs is 1. The summed E-state index contributed by atoms with van der Waals surface area (Å²) in [4.78, 5) is 0. The van der Waals surface area contributed by atoms with Crippen molar-refractivity contribution in [2.45, 2.75) is 56.8 Å². The Morgan fingerprint density at radius 3 is 2.83 bits per heavy atom. The molecule has 2 saturated heterocycles. The van der Waals surface area contributed by atoms with Gasteiger partial charge in [-0.3, -0.25) is 0 Å². The van der Waals surface area contributed by atoms with Crippen molar-refractivity contribution < 1.29 is 38.7 Å². The van der Waals surface area contributed by atoms with Gasteiger partial charge in [-0.2, -0.15) is 0 Å².